The third-order valence-corrected chi connectivity index (χ3v) is 4.00. The lowest BCUT2D eigenvalue weighted by atomic mass is 9.96. The van der Waals surface area contributed by atoms with Crippen LogP contribution in [-0.4, -0.2) is 27.7 Å². The molecule has 0 aromatic carbocycles. The molecular weight excluding hydrogens is 194 g/mol. The molecule has 0 aliphatic carbocycles. The second kappa shape index (κ2) is 4.32. The summed E-state index contributed by atoms with van der Waals surface area (Å²) in [6, 6.07) is 4.08. The summed E-state index contributed by atoms with van der Waals surface area (Å²) in [5.41, 5.74) is 2.37. The second-order valence-electron chi connectivity index (χ2n) is 3.82. The SMILES string of the molecule is Cc1ncccc1CC1CSCC1O. The zero-order chi connectivity index (χ0) is 9.97. The van der Waals surface area contributed by atoms with Gasteiger partial charge in [-0.1, -0.05) is 6.07 Å². The molecule has 1 aliphatic heterocycles. The number of rotatable bonds is 2. The molecule has 1 aromatic rings. The van der Waals surface area contributed by atoms with E-state index in [1.807, 2.05) is 30.9 Å². The number of thioether (sulfide) groups is 1. The van der Waals surface area contributed by atoms with Gasteiger partial charge in [-0.25, -0.2) is 0 Å². The Morgan fingerprint density at radius 3 is 3.07 bits per heavy atom. The van der Waals surface area contributed by atoms with Crippen molar-refractivity contribution in [3.63, 3.8) is 0 Å². The van der Waals surface area contributed by atoms with E-state index in [1.54, 1.807) is 0 Å². The maximum Gasteiger partial charge on any atom is 0.0669 e. The Hall–Kier alpha value is -0.540. The maximum absolute atomic E-state index is 9.70. The third-order valence-electron chi connectivity index (χ3n) is 2.76. The summed E-state index contributed by atoms with van der Waals surface area (Å²) in [7, 11) is 0. The fourth-order valence-electron chi connectivity index (χ4n) is 1.80. The molecule has 2 unspecified atom stereocenters. The van der Waals surface area contributed by atoms with Gasteiger partial charge in [0, 0.05) is 17.6 Å². The van der Waals surface area contributed by atoms with E-state index in [2.05, 4.69) is 11.1 Å². The third kappa shape index (κ3) is 2.10. The van der Waals surface area contributed by atoms with E-state index < -0.39 is 0 Å². The molecule has 0 spiro atoms. The van der Waals surface area contributed by atoms with Gasteiger partial charge in [0.05, 0.1) is 6.10 Å². The molecule has 3 heteroatoms. The Bertz CT molecular complexity index is 316. The highest BCUT2D eigenvalue weighted by molar-refractivity contribution is 7.99. The predicted octanol–water partition coefficient (Wildman–Crippen LogP) is 1.66. The van der Waals surface area contributed by atoms with E-state index in [-0.39, 0.29) is 6.10 Å². The van der Waals surface area contributed by atoms with Crippen LogP contribution in [0.25, 0.3) is 0 Å². The van der Waals surface area contributed by atoms with Crippen LogP contribution in [0.1, 0.15) is 11.3 Å². The standard InChI is InChI=1S/C11H15NOS/c1-8-9(3-2-4-12-8)5-10-6-14-7-11(10)13/h2-4,10-11,13H,5-7H2,1H3. The Balaban J connectivity index is 2.07. The average Bonchev–Trinajstić information content (AvgIpc) is 2.56. The Morgan fingerprint density at radius 1 is 1.57 bits per heavy atom. The lowest BCUT2D eigenvalue weighted by molar-refractivity contribution is 0.149. The van der Waals surface area contributed by atoms with Crippen LogP contribution >= 0.6 is 11.8 Å². The number of hydrogen-bond acceptors (Lipinski definition) is 3. The summed E-state index contributed by atoms with van der Waals surface area (Å²) in [5.74, 6) is 2.39. The first-order chi connectivity index (χ1) is 6.77. The monoisotopic (exact) mass is 209 g/mol. The van der Waals surface area contributed by atoms with Crippen LogP contribution in [0.4, 0.5) is 0 Å². The summed E-state index contributed by atoms with van der Waals surface area (Å²) in [4.78, 5) is 4.26. The van der Waals surface area contributed by atoms with Crippen LogP contribution in [0.5, 0.6) is 0 Å². The molecule has 1 fully saturated rings. The molecule has 14 heavy (non-hydrogen) atoms. The molecule has 0 radical (unpaired) electrons. The second-order valence-corrected chi connectivity index (χ2v) is 4.89. The van der Waals surface area contributed by atoms with Gasteiger partial charge in [0.2, 0.25) is 0 Å². The summed E-state index contributed by atoms with van der Waals surface area (Å²) >= 11 is 1.84. The van der Waals surface area contributed by atoms with Crippen molar-refractivity contribution in [2.45, 2.75) is 19.4 Å². The summed E-state index contributed by atoms with van der Waals surface area (Å²) in [5, 5.41) is 9.70. The van der Waals surface area contributed by atoms with Crippen LogP contribution in [0.3, 0.4) is 0 Å². The van der Waals surface area contributed by atoms with Crippen LogP contribution in [0.2, 0.25) is 0 Å². The number of aromatic nitrogens is 1. The van der Waals surface area contributed by atoms with Crippen LogP contribution < -0.4 is 0 Å². The number of aliphatic hydroxyl groups is 1. The number of aryl methyl sites for hydroxylation is 1. The van der Waals surface area contributed by atoms with E-state index in [9.17, 15) is 5.11 Å². The summed E-state index contributed by atoms with van der Waals surface area (Å²) in [6.07, 6.45) is 2.66. The molecule has 2 atom stereocenters. The van der Waals surface area contributed by atoms with Crippen molar-refractivity contribution >= 4 is 11.8 Å². The molecule has 2 nitrogen and oxygen atoms in total. The first-order valence-electron chi connectivity index (χ1n) is 4.93. The molecule has 76 valence electrons. The number of aliphatic hydroxyl groups excluding tert-OH is 1. The quantitative estimate of drug-likeness (QED) is 0.804. The van der Waals surface area contributed by atoms with Crippen molar-refractivity contribution in [1.29, 1.82) is 0 Å². The molecule has 0 amide bonds. The van der Waals surface area contributed by atoms with Gasteiger partial charge in [-0.2, -0.15) is 11.8 Å². The van der Waals surface area contributed by atoms with E-state index in [4.69, 9.17) is 0 Å². The van der Waals surface area contributed by atoms with Crippen molar-refractivity contribution in [3.8, 4) is 0 Å². The van der Waals surface area contributed by atoms with Gasteiger partial charge in [-0.3, -0.25) is 4.98 Å². The van der Waals surface area contributed by atoms with Gasteiger partial charge in [-0.15, -0.1) is 0 Å². The molecule has 2 heterocycles. The molecule has 1 N–H and O–H groups in total. The van der Waals surface area contributed by atoms with Crippen LogP contribution in [0.15, 0.2) is 18.3 Å². The van der Waals surface area contributed by atoms with Gasteiger partial charge in [0.15, 0.2) is 0 Å². The first kappa shape index (κ1) is 9.99. The highest BCUT2D eigenvalue weighted by Gasteiger charge is 2.26. The van der Waals surface area contributed by atoms with Gasteiger partial charge in [0.25, 0.3) is 0 Å². The van der Waals surface area contributed by atoms with Crippen molar-refractivity contribution in [2.75, 3.05) is 11.5 Å². The summed E-state index contributed by atoms with van der Waals surface area (Å²) in [6.45, 7) is 2.03. The molecule has 1 aliphatic rings. The number of hydrogen-bond donors (Lipinski definition) is 1. The zero-order valence-corrected chi connectivity index (χ0v) is 9.13. The molecule has 0 saturated carbocycles. The zero-order valence-electron chi connectivity index (χ0n) is 8.31. The van der Waals surface area contributed by atoms with Gasteiger partial charge in [-0.05, 0) is 36.6 Å². The van der Waals surface area contributed by atoms with E-state index in [0.717, 1.165) is 23.6 Å². The van der Waals surface area contributed by atoms with Crippen molar-refractivity contribution in [3.05, 3.63) is 29.6 Å². The normalized spacial score (nSPS) is 26.7. The Kier molecular flexibility index (Phi) is 3.08. The minimum absolute atomic E-state index is 0.125. The highest BCUT2D eigenvalue weighted by atomic mass is 32.2. The molecule has 1 saturated heterocycles. The lowest BCUT2D eigenvalue weighted by Gasteiger charge is -2.14. The molecule has 0 bridgehead atoms. The van der Waals surface area contributed by atoms with Crippen molar-refractivity contribution in [2.24, 2.45) is 5.92 Å². The van der Waals surface area contributed by atoms with E-state index in [0.29, 0.717) is 5.92 Å². The van der Waals surface area contributed by atoms with Crippen LogP contribution in [0, 0.1) is 12.8 Å². The fourth-order valence-corrected chi connectivity index (χ4v) is 3.09. The fraction of sp³-hybridized carbons (Fsp3) is 0.545. The molecule has 2 rings (SSSR count). The lowest BCUT2D eigenvalue weighted by Crippen LogP contribution is -2.20. The maximum atomic E-state index is 9.70. The number of nitrogens with zero attached hydrogens (tertiary/aromatic N) is 1. The minimum Gasteiger partial charge on any atom is -0.392 e. The first-order valence-corrected chi connectivity index (χ1v) is 6.09. The summed E-state index contributed by atoms with van der Waals surface area (Å²) < 4.78 is 0. The Labute approximate surface area is 88.8 Å². The molecule has 1 aromatic heterocycles. The highest BCUT2D eigenvalue weighted by Crippen LogP contribution is 2.27. The van der Waals surface area contributed by atoms with Crippen molar-refractivity contribution in [1.82, 2.24) is 4.98 Å². The van der Waals surface area contributed by atoms with Crippen molar-refractivity contribution < 1.29 is 5.11 Å². The largest absolute Gasteiger partial charge is 0.392 e. The van der Waals surface area contributed by atoms with Crippen LogP contribution in [-0.2, 0) is 6.42 Å². The topological polar surface area (TPSA) is 33.1 Å². The predicted molar refractivity (Wildman–Crippen MR) is 59.5 cm³/mol. The smallest absolute Gasteiger partial charge is 0.0669 e. The van der Waals surface area contributed by atoms with Gasteiger partial charge >= 0.3 is 0 Å². The van der Waals surface area contributed by atoms with E-state index in [1.165, 1.54) is 5.56 Å². The number of pyridine rings is 1. The average molecular weight is 209 g/mol. The van der Waals surface area contributed by atoms with Gasteiger partial charge < -0.3 is 5.11 Å². The van der Waals surface area contributed by atoms with E-state index >= 15 is 0 Å². The van der Waals surface area contributed by atoms with Gasteiger partial charge in [0.1, 0.15) is 0 Å². The molecular formula is C11H15NOS. The minimum atomic E-state index is -0.125. The Morgan fingerprint density at radius 2 is 2.43 bits per heavy atom.